The van der Waals surface area contributed by atoms with E-state index in [9.17, 15) is 0 Å². The highest BCUT2D eigenvalue weighted by Crippen LogP contribution is 2.29. The summed E-state index contributed by atoms with van der Waals surface area (Å²) < 4.78 is 5.79. The maximum Gasteiger partial charge on any atom is 0.129 e. The predicted octanol–water partition coefficient (Wildman–Crippen LogP) is 2.97. The van der Waals surface area contributed by atoms with E-state index in [0.717, 1.165) is 22.8 Å². The molecule has 0 aliphatic heterocycles. The first-order chi connectivity index (χ1) is 8.70. The molecule has 1 aromatic carbocycles. The molecule has 0 fully saturated rings. The summed E-state index contributed by atoms with van der Waals surface area (Å²) in [6, 6.07) is 9.80. The molecule has 18 heavy (non-hydrogen) atoms. The van der Waals surface area contributed by atoms with E-state index in [1.54, 1.807) is 6.33 Å². The first kappa shape index (κ1) is 12.4. The number of rotatable bonds is 4. The standard InChI is InChI=1S/C14H17N3O/c1-10(2)18-13-7-5-4-6-11(13)12-8-14(15-3)17-9-16-12/h4-10H,1-3H3,(H,15,16,17). The van der Waals surface area contributed by atoms with Crippen LogP contribution in [0, 0.1) is 0 Å². The van der Waals surface area contributed by atoms with Gasteiger partial charge in [0.1, 0.15) is 17.9 Å². The number of hydrogen-bond donors (Lipinski definition) is 1. The molecule has 1 N–H and O–H groups in total. The fraction of sp³-hybridized carbons (Fsp3) is 0.286. The molecule has 0 saturated carbocycles. The number of nitrogens with zero attached hydrogens (tertiary/aromatic N) is 2. The minimum Gasteiger partial charge on any atom is -0.490 e. The van der Waals surface area contributed by atoms with E-state index in [0.29, 0.717) is 0 Å². The lowest BCUT2D eigenvalue weighted by atomic mass is 10.1. The third-order valence-electron chi connectivity index (χ3n) is 2.45. The Labute approximate surface area is 107 Å². The molecule has 0 unspecified atom stereocenters. The van der Waals surface area contributed by atoms with Gasteiger partial charge in [-0.1, -0.05) is 12.1 Å². The van der Waals surface area contributed by atoms with E-state index in [2.05, 4.69) is 15.3 Å². The van der Waals surface area contributed by atoms with Crippen molar-refractivity contribution in [3.05, 3.63) is 36.7 Å². The fourth-order valence-corrected chi connectivity index (χ4v) is 1.68. The van der Waals surface area contributed by atoms with Crippen LogP contribution in [0.5, 0.6) is 5.75 Å². The van der Waals surface area contributed by atoms with Gasteiger partial charge in [-0.15, -0.1) is 0 Å². The van der Waals surface area contributed by atoms with Crippen LogP contribution in [-0.4, -0.2) is 23.1 Å². The fourth-order valence-electron chi connectivity index (χ4n) is 1.68. The van der Waals surface area contributed by atoms with Crippen LogP contribution in [0.25, 0.3) is 11.3 Å². The van der Waals surface area contributed by atoms with Crippen LogP contribution in [0.2, 0.25) is 0 Å². The molecular formula is C14H17N3O. The van der Waals surface area contributed by atoms with Crippen molar-refractivity contribution >= 4 is 5.82 Å². The first-order valence-corrected chi connectivity index (χ1v) is 5.96. The maximum absolute atomic E-state index is 5.79. The van der Waals surface area contributed by atoms with E-state index in [1.165, 1.54) is 0 Å². The van der Waals surface area contributed by atoms with Gasteiger partial charge in [-0.25, -0.2) is 9.97 Å². The van der Waals surface area contributed by atoms with Crippen LogP contribution in [0.4, 0.5) is 5.82 Å². The number of aromatic nitrogens is 2. The second kappa shape index (κ2) is 5.49. The Morgan fingerprint density at radius 1 is 1.17 bits per heavy atom. The normalized spacial score (nSPS) is 10.4. The third kappa shape index (κ3) is 2.77. The Bertz CT molecular complexity index is 526. The minimum absolute atomic E-state index is 0.136. The molecule has 94 valence electrons. The second-order valence-electron chi connectivity index (χ2n) is 4.20. The second-order valence-corrected chi connectivity index (χ2v) is 4.20. The molecule has 1 aromatic heterocycles. The summed E-state index contributed by atoms with van der Waals surface area (Å²) in [6.45, 7) is 4.02. The molecule has 0 bridgehead atoms. The van der Waals surface area contributed by atoms with Crippen molar-refractivity contribution in [2.75, 3.05) is 12.4 Å². The SMILES string of the molecule is CNc1cc(-c2ccccc2OC(C)C)ncn1. The Hall–Kier alpha value is -2.10. The van der Waals surface area contributed by atoms with Crippen molar-refractivity contribution in [1.82, 2.24) is 9.97 Å². The maximum atomic E-state index is 5.79. The van der Waals surface area contributed by atoms with Crippen molar-refractivity contribution < 1.29 is 4.74 Å². The van der Waals surface area contributed by atoms with Gasteiger partial charge in [0, 0.05) is 18.7 Å². The highest BCUT2D eigenvalue weighted by atomic mass is 16.5. The quantitative estimate of drug-likeness (QED) is 0.896. The zero-order chi connectivity index (χ0) is 13.0. The molecule has 0 spiro atoms. The summed E-state index contributed by atoms with van der Waals surface area (Å²) in [5.74, 6) is 1.63. The van der Waals surface area contributed by atoms with E-state index in [1.807, 2.05) is 51.2 Å². The lowest BCUT2D eigenvalue weighted by Crippen LogP contribution is -2.06. The third-order valence-corrected chi connectivity index (χ3v) is 2.45. The molecular weight excluding hydrogens is 226 g/mol. The Kier molecular flexibility index (Phi) is 3.77. The molecule has 0 atom stereocenters. The molecule has 0 amide bonds. The highest BCUT2D eigenvalue weighted by Gasteiger charge is 2.09. The van der Waals surface area contributed by atoms with Gasteiger partial charge in [0.2, 0.25) is 0 Å². The number of benzene rings is 1. The topological polar surface area (TPSA) is 47.0 Å². The van der Waals surface area contributed by atoms with Gasteiger partial charge in [0.15, 0.2) is 0 Å². The van der Waals surface area contributed by atoms with E-state index < -0.39 is 0 Å². The minimum atomic E-state index is 0.136. The molecule has 0 aliphatic rings. The summed E-state index contributed by atoms with van der Waals surface area (Å²) in [5.41, 5.74) is 1.83. The smallest absolute Gasteiger partial charge is 0.129 e. The predicted molar refractivity (Wildman–Crippen MR) is 72.8 cm³/mol. The largest absolute Gasteiger partial charge is 0.490 e. The van der Waals surface area contributed by atoms with Crippen LogP contribution in [0.1, 0.15) is 13.8 Å². The monoisotopic (exact) mass is 243 g/mol. The summed E-state index contributed by atoms with van der Waals surface area (Å²) in [4.78, 5) is 8.41. The van der Waals surface area contributed by atoms with Crippen LogP contribution in [0.3, 0.4) is 0 Å². The van der Waals surface area contributed by atoms with Gasteiger partial charge >= 0.3 is 0 Å². The molecule has 1 heterocycles. The molecule has 4 heteroatoms. The van der Waals surface area contributed by atoms with Crippen molar-refractivity contribution in [3.63, 3.8) is 0 Å². The van der Waals surface area contributed by atoms with Crippen molar-refractivity contribution in [2.24, 2.45) is 0 Å². The summed E-state index contributed by atoms with van der Waals surface area (Å²) in [7, 11) is 1.84. The summed E-state index contributed by atoms with van der Waals surface area (Å²) >= 11 is 0. The van der Waals surface area contributed by atoms with Crippen LogP contribution in [-0.2, 0) is 0 Å². The number of nitrogens with one attached hydrogen (secondary N) is 1. The Morgan fingerprint density at radius 2 is 1.94 bits per heavy atom. The van der Waals surface area contributed by atoms with E-state index in [-0.39, 0.29) is 6.10 Å². The van der Waals surface area contributed by atoms with Gasteiger partial charge in [-0.2, -0.15) is 0 Å². The molecule has 0 radical (unpaired) electrons. The Morgan fingerprint density at radius 3 is 2.67 bits per heavy atom. The van der Waals surface area contributed by atoms with E-state index >= 15 is 0 Å². The molecule has 0 saturated heterocycles. The lowest BCUT2D eigenvalue weighted by Gasteiger charge is -2.13. The average Bonchev–Trinajstić information content (AvgIpc) is 2.39. The molecule has 2 aromatic rings. The van der Waals surface area contributed by atoms with Crippen molar-refractivity contribution in [2.45, 2.75) is 20.0 Å². The van der Waals surface area contributed by atoms with Gasteiger partial charge < -0.3 is 10.1 Å². The zero-order valence-corrected chi connectivity index (χ0v) is 10.8. The van der Waals surface area contributed by atoms with Crippen LogP contribution in [0.15, 0.2) is 36.7 Å². The van der Waals surface area contributed by atoms with Gasteiger partial charge in [0.25, 0.3) is 0 Å². The van der Waals surface area contributed by atoms with Gasteiger partial charge in [0.05, 0.1) is 11.8 Å². The van der Waals surface area contributed by atoms with Crippen molar-refractivity contribution in [1.29, 1.82) is 0 Å². The molecule has 2 rings (SSSR count). The van der Waals surface area contributed by atoms with Gasteiger partial charge in [-0.05, 0) is 26.0 Å². The number of ether oxygens (including phenoxy) is 1. The number of hydrogen-bond acceptors (Lipinski definition) is 4. The van der Waals surface area contributed by atoms with Crippen LogP contribution >= 0.6 is 0 Å². The molecule has 0 aliphatic carbocycles. The first-order valence-electron chi connectivity index (χ1n) is 5.96. The number of anilines is 1. The summed E-state index contributed by atoms with van der Waals surface area (Å²) in [6.07, 6.45) is 1.68. The van der Waals surface area contributed by atoms with Gasteiger partial charge in [-0.3, -0.25) is 0 Å². The lowest BCUT2D eigenvalue weighted by molar-refractivity contribution is 0.243. The number of para-hydroxylation sites is 1. The average molecular weight is 243 g/mol. The molecule has 4 nitrogen and oxygen atoms in total. The Balaban J connectivity index is 2.42. The summed E-state index contributed by atoms with van der Waals surface area (Å²) in [5, 5.41) is 3.01. The highest BCUT2D eigenvalue weighted by molar-refractivity contribution is 5.68. The van der Waals surface area contributed by atoms with E-state index in [4.69, 9.17) is 4.74 Å². The van der Waals surface area contributed by atoms with Crippen molar-refractivity contribution in [3.8, 4) is 17.0 Å². The zero-order valence-electron chi connectivity index (χ0n) is 10.8. The van der Waals surface area contributed by atoms with Crippen LogP contribution < -0.4 is 10.1 Å².